The summed E-state index contributed by atoms with van der Waals surface area (Å²) in [4.78, 5) is 0. The van der Waals surface area contributed by atoms with Crippen LogP contribution in [0.15, 0.2) is 42.5 Å². The number of nitrogens with two attached hydrogens (primary N) is 1. The Balaban J connectivity index is 2.12. The Morgan fingerprint density at radius 2 is 1.84 bits per heavy atom. The van der Waals surface area contributed by atoms with Gasteiger partial charge in [0.15, 0.2) is 0 Å². The minimum absolute atomic E-state index is 0.0648. The van der Waals surface area contributed by atoms with Gasteiger partial charge in [0.2, 0.25) is 0 Å². The predicted molar refractivity (Wildman–Crippen MR) is 79.8 cm³/mol. The molecule has 1 atom stereocenters. The van der Waals surface area contributed by atoms with Crippen molar-refractivity contribution < 1.29 is 4.74 Å². The van der Waals surface area contributed by atoms with Gasteiger partial charge in [-0.1, -0.05) is 47.5 Å². The molecule has 0 fully saturated rings. The summed E-state index contributed by atoms with van der Waals surface area (Å²) in [5.74, 6) is 0.795. The summed E-state index contributed by atoms with van der Waals surface area (Å²) in [6.45, 7) is 2.36. The molecular weight excluding hydrogens is 281 g/mol. The van der Waals surface area contributed by atoms with Gasteiger partial charge < -0.3 is 10.5 Å². The molecule has 0 unspecified atom stereocenters. The first-order valence-electron chi connectivity index (χ1n) is 5.99. The van der Waals surface area contributed by atoms with Gasteiger partial charge >= 0.3 is 0 Å². The van der Waals surface area contributed by atoms with E-state index in [0.29, 0.717) is 16.7 Å². The average molecular weight is 296 g/mol. The molecule has 2 aromatic carbocycles. The van der Waals surface area contributed by atoms with Gasteiger partial charge in [-0.2, -0.15) is 0 Å². The molecular formula is C15H15Cl2NO. The Morgan fingerprint density at radius 1 is 1.11 bits per heavy atom. The number of benzene rings is 2. The molecule has 100 valence electrons. The van der Waals surface area contributed by atoms with Gasteiger partial charge in [0, 0.05) is 11.6 Å². The van der Waals surface area contributed by atoms with Crippen molar-refractivity contribution >= 4 is 23.2 Å². The van der Waals surface area contributed by atoms with Crippen molar-refractivity contribution in [1.82, 2.24) is 0 Å². The average Bonchev–Trinajstić information content (AvgIpc) is 2.40. The van der Waals surface area contributed by atoms with Gasteiger partial charge in [0.05, 0.1) is 10.0 Å². The highest BCUT2D eigenvalue weighted by atomic mass is 35.5. The molecule has 0 aromatic heterocycles. The monoisotopic (exact) mass is 295 g/mol. The summed E-state index contributed by atoms with van der Waals surface area (Å²) in [6, 6.07) is 13.2. The fraction of sp³-hybridized carbons (Fsp3) is 0.200. The maximum atomic E-state index is 5.97. The van der Waals surface area contributed by atoms with Gasteiger partial charge in [0.25, 0.3) is 0 Å². The van der Waals surface area contributed by atoms with Crippen LogP contribution in [0.3, 0.4) is 0 Å². The summed E-state index contributed by atoms with van der Waals surface area (Å²) < 4.78 is 5.80. The number of hydrogen-bond donors (Lipinski definition) is 1. The largest absolute Gasteiger partial charge is 0.489 e. The molecule has 0 aliphatic carbocycles. The third kappa shape index (κ3) is 3.63. The lowest BCUT2D eigenvalue weighted by molar-refractivity contribution is 0.301. The Hall–Kier alpha value is -1.22. The van der Waals surface area contributed by atoms with Crippen LogP contribution in [0.25, 0.3) is 0 Å². The minimum Gasteiger partial charge on any atom is -0.489 e. The summed E-state index contributed by atoms with van der Waals surface area (Å²) >= 11 is 11.8. The fourth-order valence-electron chi connectivity index (χ4n) is 1.78. The van der Waals surface area contributed by atoms with Crippen molar-refractivity contribution in [3.8, 4) is 5.75 Å². The highest BCUT2D eigenvalue weighted by molar-refractivity contribution is 6.42. The van der Waals surface area contributed by atoms with Crippen LogP contribution < -0.4 is 10.5 Å². The maximum absolute atomic E-state index is 5.97. The minimum atomic E-state index is -0.0648. The number of hydrogen-bond acceptors (Lipinski definition) is 2. The van der Waals surface area contributed by atoms with E-state index in [1.165, 1.54) is 0 Å². The molecule has 0 bridgehead atoms. The first-order valence-corrected chi connectivity index (χ1v) is 6.74. The van der Waals surface area contributed by atoms with E-state index < -0.39 is 0 Å². The van der Waals surface area contributed by atoms with Crippen LogP contribution in [-0.2, 0) is 6.61 Å². The Morgan fingerprint density at radius 3 is 2.53 bits per heavy atom. The summed E-state index contributed by atoms with van der Waals surface area (Å²) in [7, 11) is 0. The highest BCUT2D eigenvalue weighted by Crippen LogP contribution is 2.26. The first-order chi connectivity index (χ1) is 9.08. The molecule has 2 aromatic rings. The van der Waals surface area contributed by atoms with E-state index in [1.54, 1.807) is 12.1 Å². The molecule has 2 rings (SSSR count). The van der Waals surface area contributed by atoms with E-state index in [2.05, 4.69) is 0 Å². The summed E-state index contributed by atoms with van der Waals surface area (Å²) in [6.07, 6.45) is 0. The highest BCUT2D eigenvalue weighted by Gasteiger charge is 2.07. The zero-order valence-corrected chi connectivity index (χ0v) is 12.1. The molecule has 0 radical (unpaired) electrons. The molecule has 0 aliphatic rings. The Labute approximate surface area is 123 Å². The van der Waals surface area contributed by atoms with Crippen molar-refractivity contribution in [3.05, 3.63) is 63.6 Å². The van der Waals surface area contributed by atoms with E-state index in [1.807, 2.05) is 37.3 Å². The second-order valence-corrected chi connectivity index (χ2v) is 5.18. The smallest absolute Gasteiger partial charge is 0.124 e. The zero-order chi connectivity index (χ0) is 13.8. The van der Waals surface area contributed by atoms with Gasteiger partial charge in [-0.15, -0.1) is 0 Å². The standard InChI is InChI=1S/C15H15Cl2NO/c1-10(18)12-4-2-3-5-15(12)19-9-11-6-7-13(16)14(17)8-11/h2-8,10H,9,18H2,1H3/t10-/m1/s1. The van der Waals surface area contributed by atoms with E-state index in [9.17, 15) is 0 Å². The lowest BCUT2D eigenvalue weighted by Crippen LogP contribution is -2.07. The van der Waals surface area contributed by atoms with Crippen LogP contribution in [0.4, 0.5) is 0 Å². The summed E-state index contributed by atoms with van der Waals surface area (Å²) in [5.41, 5.74) is 7.86. The van der Waals surface area contributed by atoms with Gasteiger partial charge in [-0.3, -0.25) is 0 Å². The van der Waals surface area contributed by atoms with Crippen molar-refractivity contribution in [2.24, 2.45) is 5.73 Å². The Bertz CT molecular complexity index is 570. The second kappa shape index (κ2) is 6.29. The predicted octanol–water partition coefficient (Wildman–Crippen LogP) is 4.59. The number of rotatable bonds is 4. The third-order valence-corrected chi connectivity index (χ3v) is 3.53. The third-order valence-electron chi connectivity index (χ3n) is 2.79. The maximum Gasteiger partial charge on any atom is 0.124 e. The van der Waals surface area contributed by atoms with Crippen LogP contribution in [0.2, 0.25) is 10.0 Å². The first kappa shape index (κ1) is 14.2. The SMILES string of the molecule is C[C@@H](N)c1ccccc1OCc1ccc(Cl)c(Cl)c1. The van der Waals surface area contributed by atoms with Crippen molar-refractivity contribution in [1.29, 1.82) is 0 Å². The van der Waals surface area contributed by atoms with Crippen LogP contribution >= 0.6 is 23.2 Å². The van der Waals surface area contributed by atoms with E-state index in [-0.39, 0.29) is 6.04 Å². The fourth-order valence-corrected chi connectivity index (χ4v) is 2.10. The van der Waals surface area contributed by atoms with Crippen molar-refractivity contribution in [2.45, 2.75) is 19.6 Å². The second-order valence-electron chi connectivity index (χ2n) is 4.36. The molecule has 0 saturated carbocycles. The molecule has 19 heavy (non-hydrogen) atoms. The zero-order valence-electron chi connectivity index (χ0n) is 10.6. The van der Waals surface area contributed by atoms with Gasteiger partial charge in [-0.25, -0.2) is 0 Å². The van der Waals surface area contributed by atoms with E-state index in [0.717, 1.165) is 16.9 Å². The molecule has 0 saturated heterocycles. The molecule has 2 N–H and O–H groups in total. The number of ether oxygens (including phenoxy) is 1. The molecule has 0 aliphatic heterocycles. The number of para-hydroxylation sites is 1. The molecule has 0 heterocycles. The lowest BCUT2D eigenvalue weighted by atomic mass is 10.1. The summed E-state index contributed by atoms with van der Waals surface area (Å²) in [5, 5.41) is 1.07. The van der Waals surface area contributed by atoms with Crippen LogP contribution in [0.1, 0.15) is 24.1 Å². The molecule has 0 spiro atoms. The normalized spacial score (nSPS) is 12.2. The molecule has 2 nitrogen and oxygen atoms in total. The topological polar surface area (TPSA) is 35.2 Å². The van der Waals surface area contributed by atoms with Gasteiger partial charge in [-0.05, 0) is 30.7 Å². The lowest BCUT2D eigenvalue weighted by Gasteiger charge is -2.14. The van der Waals surface area contributed by atoms with Gasteiger partial charge in [0.1, 0.15) is 12.4 Å². The Kier molecular flexibility index (Phi) is 4.70. The van der Waals surface area contributed by atoms with E-state index >= 15 is 0 Å². The molecule has 4 heteroatoms. The van der Waals surface area contributed by atoms with Crippen molar-refractivity contribution in [3.63, 3.8) is 0 Å². The van der Waals surface area contributed by atoms with Crippen LogP contribution in [-0.4, -0.2) is 0 Å². The van der Waals surface area contributed by atoms with Crippen LogP contribution in [0.5, 0.6) is 5.75 Å². The molecule has 0 amide bonds. The quantitative estimate of drug-likeness (QED) is 0.895. The number of halogens is 2. The van der Waals surface area contributed by atoms with E-state index in [4.69, 9.17) is 33.7 Å². The van der Waals surface area contributed by atoms with Crippen LogP contribution in [0, 0.1) is 0 Å². The van der Waals surface area contributed by atoms with Crippen molar-refractivity contribution in [2.75, 3.05) is 0 Å².